The molecule has 0 aliphatic rings. The van der Waals surface area contributed by atoms with Crippen molar-refractivity contribution in [3.05, 3.63) is 40.7 Å². The van der Waals surface area contributed by atoms with Gasteiger partial charge in [-0.05, 0) is 19.1 Å². The Labute approximate surface area is 113 Å². The van der Waals surface area contributed by atoms with Gasteiger partial charge in [-0.3, -0.25) is 14.9 Å². The van der Waals surface area contributed by atoms with Gasteiger partial charge in [-0.25, -0.2) is 9.67 Å². The van der Waals surface area contributed by atoms with Crippen molar-refractivity contribution < 1.29 is 14.8 Å². The Morgan fingerprint density at radius 2 is 2.10 bits per heavy atom. The maximum absolute atomic E-state index is 10.6. The zero-order chi connectivity index (χ0) is 14.7. The van der Waals surface area contributed by atoms with Crippen molar-refractivity contribution in [2.75, 3.05) is 0 Å². The van der Waals surface area contributed by atoms with Crippen molar-refractivity contribution in [2.24, 2.45) is 0 Å². The van der Waals surface area contributed by atoms with Crippen LogP contribution in [0.15, 0.2) is 30.6 Å². The summed E-state index contributed by atoms with van der Waals surface area (Å²) < 4.78 is 1.46. The first-order valence-electron chi connectivity index (χ1n) is 5.85. The van der Waals surface area contributed by atoms with Crippen LogP contribution >= 0.6 is 0 Å². The molecule has 1 aromatic heterocycles. The molecule has 0 saturated carbocycles. The van der Waals surface area contributed by atoms with Gasteiger partial charge in [0, 0.05) is 17.7 Å². The molecule has 0 bridgehead atoms. The molecular formula is C12H12N4O4. The van der Waals surface area contributed by atoms with Gasteiger partial charge in [0.15, 0.2) is 5.82 Å². The summed E-state index contributed by atoms with van der Waals surface area (Å²) in [5.74, 6) is -0.512. The molecule has 2 rings (SSSR count). The van der Waals surface area contributed by atoms with Crippen LogP contribution in [0.5, 0.6) is 0 Å². The first-order chi connectivity index (χ1) is 9.47. The van der Waals surface area contributed by atoms with Crippen LogP contribution < -0.4 is 0 Å². The second kappa shape index (κ2) is 5.47. The van der Waals surface area contributed by atoms with Crippen molar-refractivity contribution in [1.29, 1.82) is 0 Å². The normalized spacial score (nSPS) is 12.1. The molecule has 0 spiro atoms. The fourth-order valence-electron chi connectivity index (χ4n) is 1.70. The third kappa shape index (κ3) is 2.97. The number of aliphatic carboxylic acids is 1. The summed E-state index contributed by atoms with van der Waals surface area (Å²) in [5, 5.41) is 23.5. The van der Waals surface area contributed by atoms with Gasteiger partial charge in [-0.2, -0.15) is 5.10 Å². The molecule has 0 amide bonds. The fraction of sp³-hybridized carbons (Fsp3) is 0.250. The third-order valence-electron chi connectivity index (χ3n) is 2.77. The average Bonchev–Trinajstić information content (AvgIpc) is 2.87. The quantitative estimate of drug-likeness (QED) is 0.659. The second-order valence-corrected chi connectivity index (χ2v) is 4.30. The van der Waals surface area contributed by atoms with Gasteiger partial charge in [0.25, 0.3) is 5.69 Å². The van der Waals surface area contributed by atoms with Crippen LogP contribution in [0.3, 0.4) is 0 Å². The summed E-state index contributed by atoms with van der Waals surface area (Å²) in [6.45, 7) is 1.72. The number of benzene rings is 1. The monoisotopic (exact) mass is 276 g/mol. The summed E-state index contributed by atoms with van der Waals surface area (Å²) in [6, 6.07) is 5.54. The van der Waals surface area contributed by atoms with Gasteiger partial charge in [-0.15, -0.1) is 0 Å². The van der Waals surface area contributed by atoms with E-state index in [0.717, 1.165) is 0 Å². The second-order valence-electron chi connectivity index (χ2n) is 4.30. The molecule has 20 heavy (non-hydrogen) atoms. The molecule has 0 aliphatic carbocycles. The minimum Gasteiger partial charge on any atom is -0.481 e. The van der Waals surface area contributed by atoms with Crippen LogP contribution in [0, 0.1) is 10.1 Å². The van der Waals surface area contributed by atoms with E-state index in [0.29, 0.717) is 11.4 Å². The standard InChI is InChI=1S/C12H12N4O4/c1-8(6-11(17)18)15-7-13-12(14-15)9-2-4-10(5-3-9)16(19)20/h2-5,7-8H,6H2,1H3,(H,17,18). The molecule has 2 aromatic rings. The highest BCUT2D eigenvalue weighted by molar-refractivity contribution is 5.67. The van der Waals surface area contributed by atoms with Gasteiger partial charge >= 0.3 is 5.97 Å². The Morgan fingerprint density at radius 3 is 2.65 bits per heavy atom. The van der Waals surface area contributed by atoms with Crippen molar-refractivity contribution in [2.45, 2.75) is 19.4 Å². The number of hydrogen-bond donors (Lipinski definition) is 1. The number of nitro benzene ring substituents is 1. The number of non-ortho nitro benzene ring substituents is 1. The summed E-state index contributed by atoms with van der Waals surface area (Å²) in [7, 11) is 0. The molecule has 8 heteroatoms. The highest BCUT2D eigenvalue weighted by atomic mass is 16.6. The van der Waals surface area contributed by atoms with Gasteiger partial charge < -0.3 is 5.11 Å². The lowest BCUT2D eigenvalue weighted by Crippen LogP contribution is -2.10. The molecule has 104 valence electrons. The minimum absolute atomic E-state index is 0.00701. The third-order valence-corrected chi connectivity index (χ3v) is 2.77. The number of rotatable bonds is 5. The molecule has 0 saturated heterocycles. The summed E-state index contributed by atoms with van der Waals surface area (Å²) in [6.07, 6.45) is 1.40. The van der Waals surface area contributed by atoms with Crippen LogP contribution in [-0.4, -0.2) is 30.8 Å². The van der Waals surface area contributed by atoms with E-state index in [4.69, 9.17) is 5.11 Å². The van der Waals surface area contributed by atoms with E-state index in [2.05, 4.69) is 10.1 Å². The van der Waals surface area contributed by atoms with Crippen molar-refractivity contribution in [3.8, 4) is 11.4 Å². The lowest BCUT2D eigenvalue weighted by atomic mass is 10.2. The maximum atomic E-state index is 10.6. The zero-order valence-corrected chi connectivity index (χ0v) is 10.6. The van der Waals surface area contributed by atoms with Crippen LogP contribution in [0.2, 0.25) is 0 Å². The number of carboxylic acid groups (broad SMARTS) is 1. The molecule has 0 radical (unpaired) electrons. The lowest BCUT2D eigenvalue weighted by molar-refractivity contribution is -0.384. The molecule has 1 N–H and O–H groups in total. The number of nitrogens with zero attached hydrogens (tertiary/aromatic N) is 4. The summed E-state index contributed by atoms with van der Waals surface area (Å²) in [5.41, 5.74) is 0.629. The van der Waals surface area contributed by atoms with Gasteiger partial charge in [0.1, 0.15) is 6.33 Å². The molecular weight excluding hydrogens is 264 g/mol. The summed E-state index contributed by atoms with van der Waals surface area (Å²) in [4.78, 5) is 24.8. The number of nitro groups is 1. The SMILES string of the molecule is CC(CC(=O)O)n1cnc(-c2ccc([N+](=O)[O-])cc2)n1. The van der Waals surface area contributed by atoms with E-state index >= 15 is 0 Å². The van der Waals surface area contributed by atoms with Crippen LogP contribution in [0.1, 0.15) is 19.4 Å². The number of carbonyl (C=O) groups is 1. The predicted octanol–water partition coefficient (Wildman–Crippen LogP) is 1.89. The Balaban J connectivity index is 2.20. The topological polar surface area (TPSA) is 111 Å². The molecule has 1 unspecified atom stereocenters. The van der Waals surface area contributed by atoms with E-state index in [1.165, 1.54) is 23.1 Å². The molecule has 1 heterocycles. The Morgan fingerprint density at radius 1 is 1.45 bits per heavy atom. The molecule has 1 atom stereocenters. The van der Waals surface area contributed by atoms with E-state index in [-0.39, 0.29) is 18.2 Å². The van der Waals surface area contributed by atoms with Gasteiger partial charge in [0.05, 0.1) is 17.4 Å². The lowest BCUT2D eigenvalue weighted by Gasteiger charge is -2.07. The largest absolute Gasteiger partial charge is 0.481 e. The zero-order valence-electron chi connectivity index (χ0n) is 10.6. The number of carboxylic acids is 1. The Kier molecular flexibility index (Phi) is 3.74. The average molecular weight is 276 g/mol. The van der Waals surface area contributed by atoms with Crippen molar-refractivity contribution in [3.63, 3.8) is 0 Å². The maximum Gasteiger partial charge on any atom is 0.305 e. The number of aromatic nitrogens is 3. The minimum atomic E-state index is -0.912. The predicted molar refractivity (Wildman–Crippen MR) is 69.1 cm³/mol. The molecule has 1 aromatic carbocycles. The molecule has 0 fully saturated rings. The van der Waals surface area contributed by atoms with Gasteiger partial charge in [-0.1, -0.05) is 0 Å². The first kappa shape index (κ1) is 13.7. The Bertz CT molecular complexity index is 635. The fourth-order valence-corrected chi connectivity index (χ4v) is 1.70. The Hall–Kier alpha value is -2.77. The number of hydrogen-bond acceptors (Lipinski definition) is 5. The van der Waals surface area contributed by atoms with E-state index in [1.807, 2.05) is 0 Å². The van der Waals surface area contributed by atoms with Crippen molar-refractivity contribution in [1.82, 2.24) is 14.8 Å². The van der Waals surface area contributed by atoms with Gasteiger partial charge in [0.2, 0.25) is 0 Å². The van der Waals surface area contributed by atoms with Crippen molar-refractivity contribution >= 4 is 11.7 Å². The van der Waals surface area contributed by atoms with E-state index in [9.17, 15) is 14.9 Å². The molecule has 0 aliphatic heterocycles. The first-order valence-corrected chi connectivity index (χ1v) is 5.85. The van der Waals surface area contributed by atoms with E-state index in [1.54, 1.807) is 19.1 Å². The smallest absolute Gasteiger partial charge is 0.305 e. The highest BCUT2D eigenvalue weighted by Gasteiger charge is 2.13. The van der Waals surface area contributed by atoms with E-state index < -0.39 is 10.9 Å². The molecule has 8 nitrogen and oxygen atoms in total. The summed E-state index contributed by atoms with van der Waals surface area (Å²) >= 11 is 0. The van der Waals surface area contributed by atoms with Crippen LogP contribution in [0.25, 0.3) is 11.4 Å². The van der Waals surface area contributed by atoms with Crippen LogP contribution in [-0.2, 0) is 4.79 Å². The van der Waals surface area contributed by atoms with Crippen LogP contribution in [0.4, 0.5) is 5.69 Å². The highest BCUT2D eigenvalue weighted by Crippen LogP contribution is 2.20.